The standard InChI is InChI=1S/C8H6N2O6/c1-16-8(11)5-2-3-6(9(12)13)7(4-5)10(14)15/h2-4H,1H3. The van der Waals surface area contributed by atoms with Gasteiger partial charge in [0.1, 0.15) is 0 Å². The summed E-state index contributed by atoms with van der Waals surface area (Å²) < 4.78 is 4.34. The van der Waals surface area contributed by atoms with Gasteiger partial charge >= 0.3 is 17.3 Å². The van der Waals surface area contributed by atoms with Crippen LogP contribution in [0.4, 0.5) is 11.4 Å². The Morgan fingerprint density at radius 3 is 2.19 bits per heavy atom. The Kier molecular flexibility index (Phi) is 3.14. The number of benzene rings is 1. The van der Waals surface area contributed by atoms with E-state index in [1.54, 1.807) is 0 Å². The fourth-order valence-electron chi connectivity index (χ4n) is 1.07. The average molecular weight is 226 g/mol. The van der Waals surface area contributed by atoms with E-state index in [9.17, 15) is 25.0 Å². The number of hydrogen-bond donors (Lipinski definition) is 0. The van der Waals surface area contributed by atoms with E-state index in [-0.39, 0.29) is 5.56 Å². The highest BCUT2D eigenvalue weighted by Crippen LogP contribution is 2.27. The molecule has 0 bridgehead atoms. The van der Waals surface area contributed by atoms with Gasteiger partial charge in [0.25, 0.3) is 0 Å². The molecule has 0 radical (unpaired) electrons. The van der Waals surface area contributed by atoms with Gasteiger partial charge in [0, 0.05) is 12.1 Å². The summed E-state index contributed by atoms with van der Waals surface area (Å²) in [6.45, 7) is 0. The molecule has 84 valence electrons. The van der Waals surface area contributed by atoms with Gasteiger partial charge in [-0.2, -0.15) is 0 Å². The molecule has 0 heterocycles. The number of methoxy groups -OCH3 is 1. The number of nitro benzene ring substituents is 2. The maximum absolute atomic E-state index is 11.1. The van der Waals surface area contributed by atoms with Gasteiger partial charge in [-0.05, 0) is 6.07 Å². The molecule has 0 atom stereocenters. The number of hydrogen-bond acceptors (Lipinski definition) is 6. The number of nitrogens with zero attached hydrogens (tertiary/aromatic N) is 2. The minimum Gasteiger partial charge on any atom is -0.465 e. The summed E-state index contributed by atoms with van der Waals surface area (Å²) in [6.07, 6.45) is 0. The van der Waals surface area contributed by atoms with Crippen molar-refractivity contribution in [1.82, 2.24) is 0 Å². The largest absolute Gasteiger partial charge is 0.465 e. The van der Waals surface area contributed by atoms with Crippen LogP contribution in [0.3, 0.4) is 0 Å². The highest BCUT2D eigenvalue weighted by Gasteiger charge is 2.25. The molecule has 0 spiro atoms. The zero-order chi connectivity index (χ0) is 12.3. The molecule has 0 amide bonds. The molecule has 0 aromatic heterocycles. The Balaban J connectivity index is 3.34. The summed E-state index contributed by atoms with van der Waals surface area (Å²) in [5.41, 5.74) is -1.52. The predicted molar refractivity (Wildman–Crippen MR) is 51.1 cm³/mol. The maximum Gasteiger partial charge on any atom is 0.346 e. The number of esters is 1. The topological polar surface area (TPSA) is 113 Å². The van der Waals surface area contributed by atoms with Crippen LogP contribution < -0.4 is 0 Å². The Bertz CT molecular complexity index is 470. The van der Waals surface area contributed by atoms with Crippen LogP contribution in [-0.4, -0.2) is 22.9 Å². The highest BCUT2D eigenvalue weighted by molar-refractivity contribution is 5.90. The van der Waals surface area contributed by atoms with Crippen molar-refractivity contribution in [3.8, 4) is 0 Å². The number of carbonyl (C=O) groups excluding carboxylic acids is 1. The van der Waals surface area contributed by atoms with E-state index < -0.39 is 27.2 Å². The van der Waals surface area contributed by atoms with Crippen LogP contribution in [0.25, 0.3) is 0 Å². The van der Waals surface area contributed by atoms with Gasteiger partial charge in [-0.1, -0.05) is 0 Å². The predicted octanol–water partition coefficient (Wildman–Crippen LogP) is 1.29. The van der Waals surface area contributed by atoms with Crippen molar-refractivity contribution in [3.05, 3.63) is 44.0 Å². The molecule has 8 nitrogen and oxygen atoms in total. The van der Waals surface area contributed by atoms with Gasteiger partial charge in [-0.3, -0.25) is 20.2 Å². The van der Waals surface area contributed by atoms with E-state index in [2.05, 4.69) is 4.74 Å². The molecule has 0 unspecified atom stereocenters. The summed E-state index contributed by atoms with van der Waals surface area (Å²) in [5.74, 6) is -0.794. The van der Waals surface area contributed by atoms with Crippen LogP contribution in [0.5, 0.6) is 0 Å². The Morgan fingerprint density at radius 2 is 1.75 bits per heavy atom. The maximum atomic E-state index is 11.1. The van der Waals surface area contributed by atoms with Crippen LogP contribution in [0.1, 0.15) is 10.4 Å². The fourth-order valence-corrected chi connectivity index (χ4v) is 1.07. The number of rotatable bonds is 3. The number of carbonyl (C=O) groups is 1. The molecule has 0 fully saturated rings. The van der Waals surface area contributed by atoms with E-state index in [1.807, 2.05) is 0 Å². The van der Waals surface area contributed by atoms with Gasteiger partial charge in [0.2, 0.25) is 0 Å². The molecular weight excluding hydrogens is 220 g/mol. The van der Waals surface area contributed by atoms with Crippen LogP contribution in [-0.2, 0) is 4.74 Å². The Morgan fingerprint density at radius 1 is 1.19 bits per heavy atom. The monoisotopic (exact) mass is 226 g/mol. The third kappa shape index (κ3) is 2.11. The van der Waals surface area contributed by atoms with Gasteiger partial charge in [-0.25, -0.2) is 4.79 Å². The van der Waals surface area contributed by atoms with E-state index >= 15 is 0 Å². The lowest BCUT2D eigenvalue weighted by atomic mass is 10.2. The summed E-state index contributed by atoms with van der Waals surface area (Å²) in [4.78, 5) is 30.2. The summed E-state index contributed by atoms with van der Waals surface area (Å²) in [6, 6.07) is 2.80. The van der Waals surface area contributed by atoms with E-state index in [4.69, 9.17) is 0 Å². The highest BCUT2D eigenvalue weighted by atomic mass is 16.6. The third-order valence-corrected chi connectivity index (χ3v) is 1.79. The zero-order valence-corrected chi connectivity index (χ0v) is 8.08. The quantitative estimate of drug-likeness (QED) is 0.436. The normalized spacial score (nSPS) is 9.56. The third-order valence-electron chi connectivity index (χ3n) is 1.79. The SMILES string of the molecule is COC(=O)c1ccc([N+](=O)[O-])c([N+](=O)[O-])c1. The molecule has 0 saturated heterocycles. The second-order valence-electron chi connectivity index (χ2n) is 2.71. The summed E-state index contributed by atoms with van der Waals surface area (Å²) >= 11 is 0. The van der Waals surface area contributed by atoms with Crippen LogP contribution in [0, 0.1) is 20.2 Å². The first-order valence-electron chi connectivity index (χ1n) is 3.98. The van der Waals surface area contributed by atoms with Gasteiger partial charge in [0.05, 0.1) is 22.5 Å². The molecule has 0 N–H and O–H groups in total. The lowest BCUT2D eigenvalue weighted by molar-refractivity contribution is -0.422. The second kappa shape index (κ2) is 4.34. The Labute approximate surface area is 88.7 Å². The molecule has 16 heavy (non-hydrogen) atoms. The first-order valence-corrected chi connectivity index (χ1v) is 3.98. The Hall–Kier alpha value is -2.51. The average Bonchev–Trinajstić information content (AvgIpc) is 2.26. The van der Waals surface area contributed by atoms with Crippen molar-refractivity contribution < 1.29 is 19.4 Å². The molecule has 0 aliphatic heterocycles. The van der Waals surface area contributed by atoms with Crippen LogP contribution in [0.2, 0.25) is 0 Å². The lowest BCUT2D eigenvalue weighted by Gasteiger charge is -1.99. The van der Waals surface area contributed by atoms with Gasteiger partial charge in [-0.15, -0.1) is 0 Å². The second-order valence-corrected chi connectivity index (χ2v) is 2.71. The molecule has 1 rings (SSSR count). The summed E-state index contributed by atoms with van der Waals surface area (Å²) in [5, 5.41) is 21.0. The molecule has 1 aromatic carbocycles. The van der Waals surface area contributed by atoms with E-state index in [0.717, 1.165) is 25.3 Å². The molecule has 1 aromatic rings. The first kappa shape index (κ1) is 11.6. The minimum absolute atomic E-state index is 0.111. The fraction of sp³-hybridized carbons (Fsp3) is 0.125. The van der Waals surface area contributed by atoms with Crippen molar-refractivity contribution in [1.29, 1.82) is 0 Å². The van der Waals surface area contributed by atoms with E-state index in [1.165, 1.54) is 0 Å². The number of nitro groups is 2. The van der Waals surface area contributed by atoms with Crippen molar-refractivity contribution in [2.24, 2.45) is 0 Å². The summed E-state index contributed by atoms with van der Waals surface area (Å²) in [7, 11) is 1.11. The molecule has 8 heteroatoms. The van der Waals surface area contributed by atoms with E-state index in [0.29, 0.717) is 0 Å². The minimum atomic E-state index is -0.926. The molecule has 0 aliphatic carbocycles. The first-order chi connectivity index (χ1) is 7.47. The molecule has 0 aliphatic rings. The van der Waals surface area contributed by atoms with Crippen molar-refractivity contribution in [2.45, 2.75) is 0 Å². The van der Waals surface area contributed by atoms with Gasteiger partial charge in [0.15, 0.2) is 0 Å². The molecular formula is C8H6N2O6. The van der Waals surface area contributed by atoms with Crippen LogP contribution >= 0.6 is 0 Å². The number of ether oxygens (including phenoxy) is 1. The zero-order valence-electron chi connectivity index (χ0n) is 8.08. The van der Waals surface area contributed by atoms with Crippen molar-refractivity contribution >= 4 is 17.3 Å². The smallest absolute Gasteiger partial charge is 0.346 e. The molecule has 0 saturated carbocycles. The van der Waals surface area contributed by atoms with Gasteiger partial charge < -0.3 is 4.74 Å². The van der Waals surface area contributed by atoms with Crippen molar-refractivity contribution in [3.63, 3.8) is 0 Å². The van der Waals surface area contributed by atoms with Crippen LogP contribution in [0.15, 0.2) is 18.2 Å². The lowest BCUT2D eigenvalue weighted by Crippen LogP contribution is -2.03. The van der Waals surface area contributed by atoms with Crippen molar-refractivity contribution in [2.75, 3.05) is 7.11 Å².